The molecule has 112 valence electrons. The highest BCUT2D eigenvalue weighted by molar-refractivity contribution is 5.96. The molecule has 0 bridgehead atoms. The number of nitrogens with one attached hydrogen (secondary N) is 2. The normalized spacial score (nSPS) is 10.8. The van der Waals surface area contributed by atoms with E-state index in [4.69, 9.17) is 0 Å². The first kappa shape index (κ1) is 15.0. The van der Waals surface area contributed by atoms with Gasteiger partial charge in [-0.3, -0.25) is 14.0 Å². The molecule has 0 aliphatic rings. The van der Waals surface area contributed by atoms with E-state index in [0.717, 1.165) is 12.1 Å². The van der Waals surface area contributed by atoms with E-state index in [1.165, 1.54) is 4.40 Å². The molecule has 2 aromatic heterocycles. The molecule has 2 rings (SSSR count). The third-order valence-electron chi connectivity index (χ3n) is 3.02. The molecule has 2 heterocycles. The summed E-state index contributed by atoms with van der Waals surface area (Å²) in [6.07, 6.45) is 1.58. The Morgan fingerprint density at radius 2 is 2.14 bits per heavy atom. The molecular formula is C14H18N4O3. The predicted molar refractivity (Wildman–Crippen MR) is 78.7 cm³/mol. The average Bonchev–Trinajstić information content (AvgIpc) is 2.44. The molecule has 0 atom stereocenters. The summed E-state index contributed by atoms with van der Waals surface area (Å²) in [6, 6.07) is 3.39. The Morgan fingerprint density at radius 1 is 1.38 bits per heavy atom. The Morgan fingerprint density at radius 3 is 2.86 bits per heavy atom. The van der Waals surface area contributed by atoms with Crippen molar-refractivity contribution >= 4 is 11.6 Å². The van der Waals surface area contributed by atoms with Gasteiger partial charge in [-0.05, 0) is 25.1 Å². The summed E-state index contributed by atoms with van der Waals surface area (Å²) < 4.78 is 1.26. The zero-order valence-electron chi connectivity index (χ0n) is 12.0. The Labute approximate surface area is 121 Å². The number of aromatic nitrogens is 2. The van der Waals surface area contributed by atoms with Crippen LogP contribution in [-0.4, -0.2) is 40.0 Å². The molecule has 3 N–H and O–H groups in total. The maximum Gasteiger partial charge on any atom is 0.274 e. The first-order chi connectivity index (χ1) is 10.0. The van der Waals surface area contributed by atoms with Crippen LogP contribution in [0.15, 0.2) is 23.1 Å². The Hall–Kier alpha value is -2.41. The molecule has 7 heteroatoms. The molecule has 0 saturated carbocycles. The van der Waals surface area contributed by atoms with Crippen LogP contribution in [0.1, 0.15) is 22.8 Å². The van der Waals surface area contributed by atoms with E-state index in [1.54, 1.807) is 18.3 Å². The summed E-state index contributed by atoms with van der Waals surface area (Å²) >= 11 is 0. The number of aryl methyl sites for hydroxylation is 1. The quantitative estimate of drug-likeness (QED) is 0.676. The fourth-order valence-corrected chi connectivity index (χ4v) is 1.96. The van der Waals surface area contributed by atoms with Crippen LogP contribution in [0.3, 0.4) is 0 Å². The van der Waals surface area contributed by atoms with Gasteiger partial charge in [0, 0.05) is 19.3 Å². The van der Waals surface area contributed by atoms with Crippen molar-refractivity contribution in [2.24, 2.45) is 0 Å². The fraction of sp³-hybridized carbons (Fsp3) is 0.357. The van der Waals surface area contributed by atoms with Gasteiger partial charge in [0.15, 0.2) is 5.56 Å². The highest BCUT2D eigenvalue weighted by atomic mass is 16.3. The molecule has 0 unspecified atom stereocenters. The molecular weight excluding hydrogens is 272 g/mol. The number of fused-ring (bicyclic) bond motifs is 1. The van der Waals surface area contributed by atoms with Gasteiger partial charge < -0.3 is 15.7 Å². The molecule has 0 aromatic carbocycles. The van der Waals surface area contributed by atoms with Crippen molar-refractivity contribution in [3.05, 3.63) is 39.8 Å². The second-order valence-electron chi connectivity index (χ2n) is 4.66. The van der Waals surface area contributed by atoms with E-state index in [0.29, 0.717) is 18.7 Å². The van der Waals surface area contributed by atoms with E-state index >= 15 is 0 Å². The second kappa shape index (κ2) is 6.36. The van der Waals surface area contributed by atoms with Crippen LogP contribution in [0.25, 0.3) is 5.65 Å². The van der Waals surface area contributed by atoms with E-state index in [2.05, 4.69) is 15.6 Å². The number of aromatic hydroxyl groups is 1. The van der Waals surface area contributed by atoms with Gasteiger partial charge in [0.05, 0.1) is 0 Å². The molecule has 2 aromatic rings. The largest absolute Gasteiger partial charge is 0.493 e. The number of likely N-dealkylation sites (N-methyl/N-ethyl adjacent to an activating group) is 1. The van der Waals surface area contributed by atoms with Crippen molar-refractivity contribution in [1.82, 2.24) is 20.0 Å². The monoisotopic (exact) mass is 290 g/mol. The number of carbonyl (C=O) groups is 1. The zero-order valence-corrected chi connectivity index (χ0v) is 12.0. The summed E-state index contributed by atoms with van der Waals surface area (Å²) in [5.41, 5.74) is 0.236. The molecule has 0 aliphatic carbocycles. The van der Waals surface area contributed by atoms with Crippen molar-refractivity contribution in [3.8, 4) is 5.88 Å². The maximum atomic E-state index is 12.3. The third kappa shape index (κ3) is 3.19. The molecule has 0 aliphatic heterocycles. The third-order valence-corrected chi connectivity index (χ3v) is 3.02. The number of hydrogen-bond acceptors (Lipinski definition) is 5. The van der Waals surface area contributed by atoms with Crippen LogP contribution in [0.2, 0.25) is 0 Å². The number of nitrogens with zero attached hydrogens (tertiary/aromatic N) is 2. The lowest BCUT2D eigenvalue weighted by Gasteiger charge is -2.08. The topological polar surface area (TPSA) is 95.7 Å². The van der Waals surface area contributed by atoms with Crippen molar-refractivity contribution in [2.75, 3.05) is 19.6 Å². The number of rotatable bonds is 5. The second-order valence-corrected chi connectivity index (χ2v) is 4.66. The van der Waals surface area contributed by atoms with Gasteiger partial charge in [0.2, 0.25) is 5.88 Å². The van der Waals surface area contributed by atoms with Gasteiger partial charge in [0.25, 0.3) is 11.5 Å². The van der Waals surface area contributed by atoms with Crippen LogP contribution in [0.4, 0.5) is 0 Å². The summed E-state index contributed by atoms with van der Waals surface area (Å²) in [5.74, 6) is -1.18. The van der Waals surface area contributed by atoms with E-state index in [1.807, 2.05) is 13.8 Å². The number of carbonyl (C=O) groups excluding carboxylic acids is 1. The molecule has 1 amide bonds. The van der Waals surface area contributed by atoms with Crippen LogP contribution in [-0.2, 0) is 0 Å². The maximum absolute atomic E-state index is 12.3. The van der Waals surface area contributed by atoms with Gasteiger partial charge >= 0.3 is 0 Å². The zero-order chi connectivity index (χ0) is 15.4. The molecule has 0 fully saturated rings. The molecule has 0 saturated heterocycles. The summed E-state index contributed by atoms with van der Waals surface area (Å²) in [4.78, 5) is 28.2. The number of hydrogen-bond donors (Lipinski definition) is 3. The minimum atomic E-state index is -0.626. The van der Waals surface area contributed by atoms with E-state index < -0.39 is 17.3 Å². The minimum absolute atomic E-state index is 0.298. The predicted octanol–water partition coefficient (Wildman–Crippen LogP) is 0.0478. The first-order valence-electron chi connectivity index (χ1n) is 6.75. The summed E-state index contributed by atoms with van der Waals surface area (Å²) in [6.45, 7) is 5.53. The van der Waals surface area contributed by atoms with E-state index in [9.17, 15) is 14.7 Å². The number of pyridine rings is 1. The fourth-order valence-electron chi connectivity index (χ4n) is 1.96. The van der Waals surface area contributed by atoms with Crippen LogP contribution >= 0.6 is 0 Å². The lowest BCUT2D eigenvalue weighted by atomic mass is 10.2. The smallest absolute Gasteiger partial charge is 0.274 e. The molecule has 21 heavy (non-hydrogen) atoms. The standard InChI is InChI=1S/C14H18N4O3/c1-3-15-6-7-16-12(19)11-13(20)17-10-5-4-9(2)8-18(10)14(11)21/h4-5,8,15,20H,3,6-7H2,1-2H3,(H,16,19). The van der Waals surface area contributed by atoms with Gasteiger partial charge in [-0.15, -0.1) is 0 Å². The van der Waals surface area contributed by atoms with Gasteiger partial charge in [-0.1, -0.05) is 13.0 Å². The highest BCUT2D eigenvalue weighted by Crippen LogP contribution is 2.11. The Kier molecular flexibility index (Phi) is 4.54. The molecule has 0 radical (unpaired) electrons. The van der Waals surface area contributed by atoms with Crippen LogP contribution in [0, 0.1) is 6.92 Å². The lowest BCUT2D eigenvalue weighted by Crippen LogP contribution is -2.35. The van der Waals surface area contributed by atoms with Crippen molar-refractivity contribution in [3.63, 3.8) is 0 Å². The first-order valence-corrected chi connectivity index (χ1v) is 6.75. The average molecular weight is 290 g/mol. The van der Waals surface area contributed by atoms with Crippen molar-refractivity contribution in [1.29, 1.82) is 0 Å². The highest BCUT2D eigenvalue weighted by Gasteiger charge is 2.19. The molecule has 0 spiro atoms. The van der Waals surface area contributed by atoms with Gasteiger partial charge in [-0.25, -0.2) is 0 Å². The summed E-state index contributed by atoms with van der Waals surface area (Å²) in [5, 5.41) is 15.5. The summed E-state index contributed by atoms with van der Waals surface area (Å²) in [7, 11) is 0. The Balaban J connectivity index is 2.35. The van der Waals surface area contributed by atoms with Crippen LogP contribution in [0.5, 0.6) is 5.88 Å². The SMILES string of the molecule is CCNCCNC(=O)c1c(O)nc2ccc(C)cn2c1=O. The van der Waals surface area contributed by atoms with Crippen LogP contribution < -0.4 is 16.2 Å². The van der Waals surface area contributed by atoms with Gasteiger partial charge in [0.1, 0.15) is 5.65 Å². The van der Waals surface area contributed by atoms with E-state index in [-0.39, 0.29) is 5.56 Å². The number of amides is 1. The molecule has 7 nitrogen and oxygen atoms in total. The lowest BCUT2D eigenvalue weighted by molar-refractivity contribution is 0.0949. The van der Waals surface area contributed by atoms with Gasteiger partial charge in [-0.2, -0.15) is 4.98 Å². The minimum Gasteiger partial charge on any atom is -0.493 e. The van der Waals surface area contributed by atoms with Crippen molar-refractivity contribution in [2.45, 2.75) is 13.8 Å². The Bertz CT molecular complexity index is 724. The van der Waals surface area contributed by atoms with Crippen molar-refractivity contribution < 1.29 is 9.90 Å².